The van der Waals surface area contributed by atoms with Gasteiger partial charge in [-0.15, -0.1) is 0 Å². The van der Waals surface area contributed by atoms with E-state index in [0.29, 0.717) is 5.56 Å². The van der Waals surface area contributed by atoms with E-state index in [-0.39, 0.29) is 0 Å². The van der Waals surface area contributed by atoms with Crippen LogP contribution in [0.3, 0.4) is 0 Å². The van der Waals surface area contributed by atoms with E-state index in [1.165, 1.54) is 13.0 Å². The number of hydrogen-bond acceptors (Lipinski definition) is 4. The molecule has 4 heteroatoms. The number of aryl methyl sites for hydroxylation is 1. The van der Waals surface area contributed by atoms with E-state index >= 15 is 0 Å². The molecule has 4 nitrogen and oxygen atoms in total. The molecule has 0 aliphatic carbocycles. The molecule has 1 aromatic rings. The molecule has 1 aliphatic rings. The highest BCUT2D eigenvalue weighted by Gasteiger charge is 2.19. The summed E-state index contributed by atoms with van der Waals surface area (Å²) < 4.78 is 0. The molecule has 0 saturated carbocycles. The highest BCUT2D eigenvalue weighted by atomic mass is 15.3. The van der Waals surface area contributed by atoms with Crippen LogP contribution in [0, 0.1) is 18.3 Å². The van der Waals surface area contributed by atoms with Crippen molar-refractivity contribution >= 4 is 5.82 Å². The van der Waals surface area contributed by atoms with Crippen LogP contribution in [0.5, 0.6) is 0 Å². The average molecular weight is 244 g/mol. The third-order valence-corrected chi connectivity index (χ3v) is 3.35. The molecule has 96 valence electrons. The minimum atomic E-state index is 0.685. The van der Waals surface area contributed by atoms with Crippen LogP contribution >= 0.6 is 0 Å². The Morgan fingerprint density at radius 1 is 1.28 bits per heavy atom. The van der Waals surface area contributed by atoms with E-state index in [4.69, 9.17) is 5.26 Å². The van der Waals surface area contributed by atoms with Gasteiger partial charge in [0.2, 0.25) is 0 Å². The molecular formula is C14H20N4. The lowest BCUT2D eigenvalue weighted by Gasteiger charge is -2.35. The Kier molecular flexibility index (Phi) is 4.16. The molecule has 0 amide bonds. The molecule has 0 atom stereocenters. The molecule has 0 radical (unpaired) electrons. The molecule has 2 rings (SSSR count). The van der Waals surface area contributed by atoms with Gasteiger partial charge in [0.15, 0.2) is 0 Å². The molecule has 0 bridgehead atoms. The highest BCUT2D eigenvalue weighted by Crippen LogP contribution is 2.19. The van der Waals surface area contributed by atoms with Crippen molar-refractivity contribution in [2.24, 2.45) is 0 Å². The highest BCUT2D eigenvalue weighted by molar-refractivity contribution is 5.54. The monoisotopic (exact) mass is 244 g/mol. The Morgan fingerprint density at radius 2 is 2.00 bits per heavy atom. The van der Waals surface area contributed by atoms with Gasteiger partial charge in [-0.05, 0) is 32.0 Å². The van der Waals surface area contributed by atoms with E-state index in [0.717, 1.165) is 37.7 Å². The number of piperazine rings is 1. The normalized spacial score (nSPS) is 16.6. The average Bonchev–Trinajstić information content (AvgIpc) is 2.40. The van der Waals surface area contributed by atoms with Crippen LogP contribution in [0.4, 0.5) is 5.82 Å². The zero-order valence-electron chi connectivity index (χ0n) is 11.2. The fourth-order valence-corrected chi connectivity index (χ4v) is 2.37. The molecule has 0 aromatic carbocycles. The first kappa shape index (κ1) is 12.8. The van der Waals surface area contributed by atoms with Crippen molar-refractivity contribution in [3.8, 4) is 6.07 Å². The van der Waals surface area contributed by atoms with Crippen LogP contribution in [-0.4, -0.2) is 42.6 Å². The maximum absolute atomic E-state index is 9.15. The molecule has 0 N–H and O–H groups in total. The van der Waals surface area contributed by atoms with E-state index in [9.17, 15) is 0 Å². The lowest BCUT2D eigenvalue weighted by atomic mass is 10.2. The molecule has 1 aromatic heterocycles. The summed E-state index contributed by atoms with van der Waals surface area (Å²) in [5, 5.41) is 9.15. The summed E-state index contributed by atoms with van der Waals surface area (Å²) >= 11 is 0. The summed E-state index contributed by atoms with van der Waals surface area (Å²) in [5.74, 6) is 0.855. The summed E-state index contributed by atoms with van der Waals surface area (Å²) in [5.41, 5.74) is 1.66. The van der Waals surface area contributed by atoms with Gasteiger partial charge >= 0.3 is 0 Å². The number of rotatable bonds is 3. The first-order chi connectivity index (χ1) is 8.74. The number of nitrogens with zero attached hydrogens (tertiary/aromatic N) is 4. The number of nitriles is 1. The van der Waals surface area contributed by atoms with Crippen LogP contribution < -0.4 is 4.90 Å². The van der Waals surface area contributed by atoms with Crippen molar-refractivity contribution in [2.45, 2.75) is 20.3 Å². The van der Waals surface area contributed by atoms with Crippen LogP contribution in [0.15, 0.2) is 12.1 Å². The van der Waals surface area contributed by atoms with Gasteiger partial charge in [0.25, 0.3) is 0 Å². The zero-order valence-corrected chi connectivity index (χ0v) is 11.2. The number of anilines is 1. The van der Waals surface area contributed by atoms with Crippen molar-refractivity contribution in [1.29, 1.82) is 5.26 Å². The second kappa shape index (κ2) is 5.83. The Hall–Kier alpha value is -1.60. The quantitative estimate of drug-likeness (QED) is 0.813. The maximum atomic E-state index is 9.15. The smallest absolute Gasteiger partial charge is 0.146 e. The maximum Gasteiger partial charge on any atom is 0.146 e. The van der Waals surface area contributed by atoms with Gasteiger partial charge in [-0.1, -0.05) is 6.92 Å². The first-order valence-corrected chi connectivity index (χ1v) is 6.59. The second-order valence-electron chi connectivity index (χ2n) is 4.76. The van der Waals surface area contributed by atoms with E-state index in [1.807, 2.05) is 19.1 Å². The molecule has 1 fully saturated rings. The molecule has 0 spiro atoms. The second-order valence-corrected chi connectivity index (χ2v) is 4.76. The van der Waals surface area contributed by atoms with Crippen LogP contribution in [0.2, 0.25) is 0 Å². The Labute approximate surface area is 109 Å². The number of pyridine rings is 1. The Bertz CT molecular complexity index is 442. The van der Waals surface area contributed by atoms with Gasteiger partial charge in [-0.2, -0.15) is 5.26 Å². The van der Waals surface area contributed by atoms with Crippen molar-refractivity contribution in [3.63, 3.8) is 0 Å². The Balaban J connectivity index is 2.10. The van der Waals surface area contributed by atoms with Gasteiger partial charge in [-0.25, -0.2) is 4.98 Å². The fourth-order valence-electron chi connectivity index (χ4n) is 2.37. The van der Waals surface area contributed by atoms with Crippen molar-refractivity contribution < 1.29 is 0 Å². The summed E-state index contributed by atoms with van der Waals surface area (Å²) in [6, 6.07) is 6.01. The van der Waals surface area contributed by atoms with E-state index in [2.05, 4.69) is 27.8 Å². The van der Waals surface area contributed by atoms with E-state index in [1.54, 1.807) is 0 Å². The zero-order chi connectivity index (χ0) is 13.0. The van der Waals surface area contributed by atoms with Crippen molar-refractivity contribution in [2.75, 3.05) is 37.6 Å². The Morgan fingerprint density at radius 3 is 2.61 bits per heavy atom. The lowest BCUT2D eigenvalue weighted by molar-refractivity contribution is 0.258. The summed E-state index contributed by atoms with van der Waals surface area (Å²) in [7, 11) is 0. The first-order valence-electron chi connectivity index (χ1n) is 6.59. The third-order valence-electron chi connectivity index (χ3n) is 3.35. The molecular weight excluding hydrogens is 224 g/mol. The molecule has 1 saturated heterocycles. The fraction of sp³-hybridized carbons (Fsp3) is 0.571. The molecule has 1 aliphatic heterocycles. The van der Waals surface area contributed by atoms with Gasteiger partial charge in [0, 0.05) is 31.9 Å². The summed E-state index contributed by atoms with van der Waals surface area (Å²) in [4.78, 5) is 9.23. The number of hydrogen-bond donors (Lipinski definition) is 0. The van der Waals surface area contributed by atoms with Gasteiger partial charge in [-0.3, -0.25) is 4.90 Å². The molecule has 0 unspecified atom stereocenters. The standard InChI is InChI=1S/C14H20N4/c1-3-6-17-7-9-18(10-8-17)14-13(11-15)5-4-12(2)16-14/h4-5H,3,6-10H2,1-2H3. The lowest BCUT2D eigenvalue weighted by Crippen LogP contribution is -2.47. The number of aromatic nitrogens is 1. The SMILES string of the molecule is CCCN1CCN(c2nc(C)ccc2C#N)CC1. The van der Waals surface area contributed by atoms with E-state index < -0.39 is 0 Å². The molecule has 2 heterocycles. The van der Waals surface area contributed by atoms with Gasteiger partial charge < -0.3 is 4.90 Å². The largest absolute Gasteiger partial charge is 0.353 e. The third kappa shape index (κ3) is 2.80. The summed E-state index contributed by atoms with van der Waals surface area (Å²) in [6.45, 7) is 9.40. The predicted molar refractivity (Wildman–Crippen MR) is 72.6 cm³/mol. The predicted octanol–water partition coefficient (Wildman–Crippen LogP) is 1.79. The van der Waals surface area contributed by atoms with Crippen molar-refractivity contribution in [1.82, 2.24) is 9.88 Å². The molecule has 18 heavy (non-hydrogen) atoms. The van der Waals surface area contributed by atoms with Crippen LogP contribution in [-0.2, 0) is 0 Å². The van der Waals surface area contributed by atoms with Crippen LogP contribution in [0.1, 0.15) is 24.6 Å². The minimum absolute atomic E-state index is 0.685. The minimum Gasteiger partial charge on any atom is -0.353 e. The van der Waals surface area contributed by atoms with Gasteiger partial charge in [0.05, 0.1) is 5.56 Å². The van der Waals surface area contributed by atoms with Gasteiger partial charge in [0.1, 0.15) is 11.9 Å². The topological polar surface area (TPSA) is 43.2 Å². The summed E-state index contributed by atoms with van der Waals surface area (Å²) in [6.07, 6.45) is 1.20. The van der Waals surface area contributed by atoms with Crippen LogP contribution in [0.25, 0.3) is 0 Å². The van der Waals surface area contributed by atoms with Crippen molar-refractivity contribution in [3.05, 3.63) is 23.4 Å².